The van der Waals surface area contributed by atoms with Gasteiger partial charge >= 0.3 is 18.0 Å². The molecule has 2 atom stereocenters. The molecule has 2 unspecified atom stereocenters. The fraction of sp³-hybridized carbons (Fsp3) is 0.333. The Labute approximate surface area is 312 Å². The highest BCUT2D eigenvalue weighted by molar-refractivity contribution is 6.12. The van der Waals surface area contributed by atoms with E-state index in [1.165, 1.54) is 36.1 Å². The van der Waals surface area contributed by atoms with E-state index in [2.05, 4.69) is 10.3 Å². The van der Waals surface area contributed by atoms with Gasteiger partial charge in [0.05, 0.1) is 24.5 Å². The molecule has 1 fully saturated rings. The van der Waals surface area contributed by atoms with Crippen LogP contribution in [-0.4, -0.2) is 78.1 Å². The van der Waals surface area contributed by atoms with Gasteiger partial charge in [-0.2, -0.15) is 4.99 Å². The summed E-state index contributed by atoms with van der Waals surface area (Å²) in [6, 6.07) is 16.9. The number of carbonyl (C=O) groups excluding carboxylic acids is 6. The molecule has 1 heterocycles. The number of nitrogens with one attached hydrogen (secondary N) is 1. The number of carbonyl (C=O) groups is 5. The van der Waals surface area contributed by atoms with Crippen molar-refractivity contribution in [1.82, 2.24) is 4.90 Å². The number of amides is 3. The number of amidine groups is 1. The molecule has 3 N–H and O–H groups in total. The fourth-order valence-corrected chi connectivity index (χ4v) is 5.75. The lowest BCUT2D eigenvalue weighted by atomic mass is 9.98. The van der Waals surface area contributed by atoms with Crippen molar-refractivity contribution in [2.24, 2.45) is 10.7 Å². The molecule has 15 heteroatoms. The maximum absolute atomic E-state index is 13.9. The summed E-state index contributed by atoms with van der Waals surface area (Å²) in [5, 5.41) is 2.81. The van der Waals surface area contributed by atoms with Crippen molar-refractivity contribution in [3.05, 3.63) is 95.2 Å². The van der Waals surface area contributed by atoms with Crippen molar-refractivity contribution >= 4 is 47.3 Å². The minimum atomic E-state index is -0.982. The standard InChI is InChI=1S/C39H42N4O11/c1-5-50-39(49)42-36(40)30-15-17-32(54-38(48)29-13-9-10-14-31(29)53-25(4)45)28(35(30)41-37(47)26-11-7-6-8-12-26)16-18-33(46)43-20-19-27(52-24(2)3)23-34(43)51-22-21-44/h6-15,17,22,24,27,34H,5,16,18-20,23H2,1-4H3,(H,41,47)(H2,40,42,49). The molecular formula is C39H42N4O11. The molecule has 0 aliphatic carbocycles. The molecule has 54 heavy (non-hydrogen) atoms. The van der Waals surface area contributed by atoms with Gasteiger partial charge in [0.15, 0.2) is 18.4 Å². The zero-order chi connectivity index (χ0) is 39.2. The molecule has 0 spiro atoms. The van der Waals surface area contributed by atoms with Crippen LogP contribution < -0.4 is 20.5 Å². The highest BCUT2D eigenvalue weighted by Crippen LogP contribution is 2.34. The SMILES string of the molecule is CCOC(=O)N=C(N)c1ccc(OC(=O)c2ccccc2OC(C)=O)c(CCC(=O)N2CCC(OC(C)C)CC2OC=C=O)c1NC(=O)c1ccccc1. The number of piperidine rings is 1. The summed E-state index contributed by atoms with van der Waals surface area (Å²) >= 11 is 0. The number of esters is 2. The molecule has 3 amide bonds. The summed E-state index contributed by atoms with van der Waals surface area (Å²) in [5.41, 5.74) is 6.71. The number of para-hydroxylation sites is 1. The van der Waals surface area contributed by atoms with Gasteiger partial charge in [0.1, 0.15) is 22.9 Å². The molecule has 0 aromatic heterocycles. The summed E-state index contributed by atoms with van der Waals surface area (Å²) in [6.45, 7) is 6.84. The van der Waals surface area contributed by atoms with Gasteiger partial charge in [-0.1, -0.05) is 30.3 Å². The third kappa shape index (κ3) is 11.1. The van der Waals surface area contributed by atoms with Crippen LogP contribution in [0, 0.1) is 0 Å². The molecular weight excluding hydrogens is 700 g/mol. The monoisotopic (exact) mass is 742 g/mol. The first-order valence-corrected chi connectivity index (χ1v) is 17.2. The van der Waals surface area contributed by atoms with Crippen LogP contribution in [0.25, 0.3) is 0 Å². The van der Waals surface area contributed by atoms with Gasteiger partial charge in [0, 0.05) is 43.0 Å². The number of nitrogens with zero attached hydrogens (tertiary/aromatic N) is 2. The number of likely N-dealkylation sites (tertiary alicyclic amines) is 1. The van der Waals surface area contributed by atoms with Crippen LogP contribution in [0.2, 0.25) is 0 Å². The molecule has 1 aliphatic heterocycles. The smallest absolute Gasteiger partial charge is 0.435 e. The largest absolute Gasteiger partial charge is 0.466 e. The predicted octanol–water partition coefficient (Wildman–Crippen LogP) is 4.98. The fourth-order valence-electron chi connectivity index (χ4n) is 5.75. The Bertz CT molecular complexity index is 1920. The van der Waals surface area contributed by atoms with E-state index in [1.807, 2.05) is 13.8 Å². The van der Waals surface area contributed by atoms with Crippen LogP contribution in [0.4, 0.5) is 10.5 Å². The van der Waals surface area contributed by atoms with Crippen molar-refractivity contribution in [1.29, 1.82) is 0 Å². The maximum Gasteiger partial charge on any atom is 0.435 e. The molecule has 0 radical (unpaired) electrons. The first kappa shape index (κ1) is 40.5. The van der Waals surface area contributed by atoms with E-state index in [0.717, 1.165) is 6.26 Å². The van der Waals surface area contributed by atoms with E-state index in [9.17, 15) is 28.8 Å². The van der Waals surface area contributed by atoms with Crippen molar-refractivity contribution in [2.45, 2.75) is 71.8 Å². The lowest BCUT2D eigenvalue weighted by Gasteiger charge is -2.38. The van der Waals surface area contributed by atoms with Gasteiger partial charge in [-0.25, -0.2) is 14.4 Å². The third-order valence-electron chi connectivity index (χ3n) is 8.01. The van der Waals surface area contributed by atoms with Gasteiger partial charge in [-0.3, -0.25) is 14.4 Å². The Balaban J connectivity index is 1.80. The van der Waals surface area contributed by atoms with E-state index in [0.29, 0.717) is 12.8 Å². The van der Waals surface area contributed by atoms with Crippen LogP contribution in [0.15, 0.2) is 78.0 Å². The molecule has 1 saturated heterocycles. The second-order valence-corrected chi connectivity index (χ2v) is 12.2. The second kappa shape index (κ2) is 19.5. The average Bonchev–Trinajstić information content (AvgIpc) is 3.13. The average molecular weight is 743 g/mol. The Morgan fingerprint density at radius 2 is 1.70 bits per heavy atom. The summed E-state index contributed by atoms with van der Waals surface area (Å²) in [4.78, 5) is 81.6. The highest BCUT2D eigenvalue weighted by Gasteiger charge is 2.34. The zero-order valence-electron chi connectivity index (χ0n) is 30.4. The Hall–Kier alpha value is -6.31. The van der Waals surface area contributed by atoms with E-state index in [-0.39, 0.29) is 83.5 Å². The van der Waals surface area contributed by atoms with Gasteiger partial charge < -0.3 is 39.6 Å². The molecule has 3 aromatic rings. The van der Waals surface area contributed by atoms with Gasteiger partial charge in [-0.15, -0.1) is 0 Å². The number of rotatable bonds is 14. The number of hydrogen-bond donors (Lipinski definition) is 2. The predicted molar refractivity (Wildman–Crippen MR) is 196 cm³/mol. The van der Waals surface area contributed by atoms with Crippen molar-refractivity contribution in [3.8, 4) is 11.5 Å². The number of hydrogen-bond acceptors (Lipinski definition) is 11. The molecule has 0 bridgehead atoms. The third-order valence-corrected chi connectivity index (χ3v) is 8.01. The number of nitrogens with two attached hydrogens (primary N) is 1. The summed E-state index contributed by atoms with van der Waals surface area (Å²) < 4.78 is 27.5. The van der Waals surface area contributed by atoms with Crippen LogP contribution >= 0.6 is 0 Å². The lowest BCUT2D eigenvalue weighted by Crippen LogP contribution is -2.49. The molecule has 4 rings (SSSR count). The molecule has 15 nitrogen and oxygen atoms in total. The number of aliphatic imine (C=N–C) groups is 1. The molecule has 1 aliphatic rings. The topological polar surface area (TPSA) is 202 Å². The minimum absolute atomic E-state index is 0.00139. The van der Waals surface area contributed by atoms with Crippen LogP contribution in [0.5, 0.6) is 11.5 Å². The number of anilines is 1. The van der Waals surface area contributed by atoms with Gasteiger partial charge in [0.25, 0.3) is 5.91 Å². The number of benzene rings is 3. The van der Waals surface area contributed by atoms with Crippen LogP contribution in [0.1, 0.15) is 78.8 Å². The van der Waals surface area contributed by atoms with E-state index < -0.39 is 36.1 Å². The molecule has 3 aromatic carbocycles. The summed E-state index contributed by atoms with van der Waals surface area (Å²) in [5.74, 6) is -1.44. The van der Waals surface area contributed by atoms with Gasteiger partial charge in [-0.05, 0) is 70.0 Å². The number of ether oxygens (including phenoxy) is 5. The minimum Gasteiger partial charge on any atom is -0.466 e. The van der Waals surface area contributed by atoms with E-state index in [4.69, 9.17) is 29.4 Å². The van der Waals surface area contributed by atoms with Crippen LogP contribution in [-0.2, 0) is 35.0 Å². The van der Waals surface area contributed by atoms with Gasteiger partial charge in [0.2, 0.25) is 5.91 Å². The Kier molecular flexibility index (Phi) is 14.6. The van der Waals surface area contributed by atoms with Crippen molar-refractivity contribution in [2.75, 3.05) is 18.5 Å². The van der Waals surface area contributed by atoms with Crippen molar-refractivity contribution in [3.63, 3.8) is 0 Å². The van der Waals surface area contributed by atoms with Crippen LogP contribution in [0.3, 0.4) is 0 Å². The maximum atomic E-state index is 13.9. The van der Waals surface area contributed by atoms with E-state index in [1.54, 1.807) is 55.3 Å². The highest BCUT2D eigenvalue weighted by atomic mass is 16.6. The summed E-state index contributed by atoms with van der Waals surface area (Å²) in [7, 11) is 0. The molecule has 0 saturated carbocycles. The first-order chi connectivity index (χ1) is 25.9. The quantitative estimate of drug-likeness (QED) is 0.0561. The van der Waals surface area contributed by atoms with Crippen molar-refractivity contribution < 1.29 is 52.5 Å². The zero-order valence-corrected chi connectivity index (χ0v) is 30.4. The molecule has 284 valence electrons. The van der Waals surface area contributed by atoms with E-state index >= 15 is 0 Å². The second-order valence-electron chi connectivity index (χ2n) is 12.2. The Morgan fingerprint density at radius 1 is 0.981 bits per heavy atom. The first-order valence-electron chi connectivity index (χ1n) is 17.2. The lowest BCUT2D eigenvalue weighted by molar-refractivity contribution is -0.154. The normalized spacial score (nSPS) is 15.4. The summed E-state index contributed by atoms with van der Waals surface area (Å²) in [6.07, 6.45) is -0.808. The Morgan fingerprint density at radius 3 is 2.39 bits per heavy atom.